The minimum atomic E-state index is -1.17. The first-order valence-corrected chi connectivity index (χ1v) is 9.90. The molecule has 0 atom stereocenters. The molecule has 29 heavy (non-hydrogen) atoms. The second-order valence-corrected chi connectivity index (χ2v) is 7.77. The zero-order chi connectivity index (χ0) is 20.4. The highest BCUT2D eigenvalue weighted by Crippen LogP contribution is 2.35. The van der Waals surface area contributed by atoms with E-state index in [-0.39, 0.29) is 11.7 Å². The number of carbonyl (C=O) groups excluding carboxylic acids is 1. The molecule has 0 radical (unpaired) electrons. The van der Waals surface area contributed by atoms with Gasteiger partial charge in [0.25, 0.3) is 5.91 Å². The lowest BCUT2D eigenvalue weighted by Crippen LogP contribution is -2.42. The molecule has 1 N–H and O–H groups in total. The van der Waals surface area contributed by atoms with Crippen LogP contribution in [0.15, 0.2) is 47.8 Å². The van der Waals surface area contributed by atoms with Crippen molar-refractivity contribution in [3.8, 4) is 28.5 Å². The Labute approximate surface area is 171 Å². The van der Waals surface area contributed by atoms with Crippen LogP contribution < -0.4 is 19.5 Å². The minimum Gasteiger partial charge on any atom is -0.486 e. The number of hydrogen-bond donors (Lipinski definition) is 1. The Kier molecular flexibility index (Phi) is 5.10. The smallest absolute Gasteiger partial charge is 0.269 e. The molecule has 8 heteroatoms. The molecule has 2 aromatic carbocycles. The lowest BCUT2D eigenvalue weighted by atomic mass is 10.1. The Morgan fingerprint density at radius 2 is 1.86 bits per heavy atom. The molecule has 0 aliphatic carbocycles. The largest absolute Gasteiger partial charge is 0.486 e. The summed E-state index contributed by atoms with van der Waals surface area (Å²) in [4.78, 5) is 17.1. The van der Waals surface area contributed by atoms with Crippen LogP contribution >= 0.6 is 11.3 Å². The third-order valence-corrected chi connectivity index (χ3v) is 5.05. The van der Waals surface area contributed by atoms with E-state index in [1.54, 1.807) is 13.8 Å². The summed E-state index contributed by atoms with van der Waals surface area (Å²) in [6.45, 7) is 4.33. The first-order chi connectivity index (χ1) is 13.9. The number of anilines is 1. The number of ether oxygens (including phenoxy) is 3. The number of benzene rings is 2. The maximum absolute atomic E-state index is 13.0. The van der Waals surface area contributed by atoms with Crippen LogP contribution in [-0.4, -0.2) is 29.7 Å². The van der Waals surface area contributed by atoms with Gasteiger partial charge in [-0.15, -0.1) is 11.3 Å². The molecule has 1 aliphatic rings. The second-order valence-electron chi connectivity index (χ2n) is 6.92. The van der Waals surface area contributed by atoms with Gasteiger partial charge in [0.15, 0.2) is 22.2 Å². The summed E-state index contributed by atoms with van der Waals surface area (Å²) >= 11 is 1.31. The Morgan fingerprint density at radius 3 is 2.62 bits per heavy atom. The van der Waals surface area contributed by atoms with Crippen molar-refractivity contribution in [1.29, 1.82) is 0 Å². The molecule has 1 aromatic heterocycles. The molecule has 4 rings (SSSR count). The van der Waals surface area contributed by atoms with Crippen molar-refractivity contribution in [2.45, 2.75) is 19.4 Å². The SMILES string of the molecule is CC(C)(Oc1ccc(F)cc1)C(=O)Nc1nc(-c2ccc3c(c2)OCCO3)cs1. The zero-order valence-corrected chi connectivity index (χ0v) is 16.7. The van der Waals surface area contributed by atoms with E-state index >= 15 is 0 Å². The summed E-state index contributed by atoms with van der Waals surface area (Å²) < 4.78 is 29.9. The average molecular weight is 414 g/mol. The van der Waals surface area contributed by atoms with Gasteiger partial charge in [0.1, 0.15) is 24.8 Å². The summed E-state index contributed by atoms with van der Waals surface area (Å²) in [5, 5.41) is 5.09. The number of halogens is 1. The van der Waals surface area contributed by atoms with Crippen LogP contribution in [-0.2, 0) is 4.79 Å². The fourth-order valence-corrected chi connectivity index (χ4v) is 3.47. The molecule has 1 amide bonds. The summed E-state index contributed by atoms with van der Waals surface area (Å²) in [7, 11) is 0. The Balaban J connectivity index is 1.45. The lowest BCUT2D eigenvalue weighted by Gasteiger charge is -2.24. The average Bonchev–Trinajstić information content (AvgIpc) is 3.18. The number of hydrogen-bond acceptors (Lipinski definition) is 6. The van der Waals surface area contributed by atoms with Crippen molar-refractivity contribution >= 4 is 22.4 Å². The van der Waals surface area contributed by atoms with E-state index in [1.165, 1.54) is 35.6 Å². The number of nitrogens with one attached hydrogen (secondary N) is 1. The van der Waals surface area contributed by atoms with Gasteiger partial charge in [0.2, 0.25) is 0 Å². The molecule has 0 spiro atoms. The van der Waals surface area contributed by atoms with Gasteiger partial charge in [0, 0.05) is 10.9 Å². The number of aromatic nitrogens is 1. The summed E-state index contributed by atoms with van der Waals surface area (Å²) in [5.74, 6) is 1.08. The summed E-state index contributed by atoms with van der Waals surface area (Å²) in [6, 6.07) is 11.1. The molecule has 0 saturated carbocycles. The minimum absolute atomic E-state index is 0.357. The van der Waals surface area contributed by atoms with Crippen molar-refractivity contribution in [3.05, 3.63) is 53.7 Å². The molecule has 2 heterocycles. The van der Waals surface area contributed by atoms with Crippen LogP contribution in [0.5, 0.6) is 17.2 Å². The molecule has 3 aromatic rings. The lowest BCUT2D eigenvalue weighted by molar-refractivity contribution is -0.128. The summed E-state index contributed by atoms with van der Waals surface area (Å²) in [6.07, 6.45) is 0. The highest BCUT2D eigenvalue weighted by molar-refractivity contribution is 7.14. The van der Waals surface area contributed by atoms with Crippen LogP contribution in [0.3, 0.4) is 0 Å². The van der Waals surface area contributed by atoms with E-state index in [0.29, 0.717) is 35.6 Å². The van der Waals surface area contributed by atoms with E-state index in [0.717, 1.165) is 11.3 Å². The highest BCUT2D eigenvalue weighted by atomic mass is 32.1. The van der Waals surface area contributed by atoms with Gasteiger partial charge in [-0.25, -0.2) is 9.37 Å². The van der Waals surface area contributed by atoms with Crippen LogP contribution in [0.25, 0.3) is 11.3 Å². The Bertz CT molecular complexity index is 1030. The fourth-order valence-electron chi connectivity index (χ4n) is 2.76. The zero-order valence-electron chi connectivity index (χ0n) is 15.9. The van der Waals surface area contributed by atoms with E-state index < -0.39 is 5.60 Å². The summed E-state index contributed by atoms with van der Waals surface area (Å²) in [5.41, 5.74) is 0.424. The van der Waals surface area contributed by atoms with Crippen LogP contribution in [0, 0.1) is 5.82 Å². The topological polar surface area (TPSA) is 69.7 Å². The van der Waals surface area contributed by atoms with Crippen LogP contribution in [0.2, 0.25) is 0 Å². The molecule has 0 saturated heterocycles. The van der Waals surface area contributed by atoms with Crippen molar-refractivity contribution in [2.75, 3.05) is 18.5 Å². The third-order valence-electron chi connectivity index (χ3n) is 4.30. The van der Waals surface area contributed by atoms with Crippen molar-refractivity contribution in [2.24, 2.45) is 0 Å². The molecule has 6 nitrogen and oxygen atoms in total. The number of nitrogens with zero attached hydrogens (tertiary/aromatic N) is 1. The van der Waals surface area contributed by atoms with Gasteiger partial charge < -0.3 is 14.2 Å². The van der Waals surface area contributed by atoms with Gasteiger partial charge >= 0.3 is 0 Å². The third kappa shape index (κ3) is 4.32. The van der Waals surface area contributed by atoms with Gasteiger partial charge in [-0.3, -0.25) is 10.1 Å². The number of thiazole rings is 1. The number of carbonyl (C=O) groups is 1. The molecule has 0 bridgehead atoms. The fraction of sp³-hybridized carbons (Fsp3) is 0.238. The number of rotatable bonds is 5. The van der Waals surface area contributed by atoms with Crippen molar-refractivity contribution in [3.63, 3.8) is 0 Å². The van der Waals surface area contributed by atoms with E-state index in [1.807, 2.05) is 23.6 Å². The first-order valence-electron chi connectivity index (χ1n) is 9.02. The van der Waals surface area contributed by atoms with Crippen molar-refractivity contribution < 1.29 is 23.4 Å². The Morgan fingerprint density at radius 1 is 1.14 bits per heavy atom. The second kappa shape index (κ2) is 7.71. The maximum Gasteiger partial charge on any atom is 0.269 e. The van der Waals surface area contributed by atoms with Gasteiger partial charge in [-0.05, 0) is 56.3 Å². The highest BCUT2D eigenvalue weighted by Gasteiger charge is 2.31. The molecule has 150 valence electrons. The van der Waals surface area contributed by atoms with E-state index in [9.17, 15) is 9.18 Å². The standard InChI is InChI=1S/C21H19FN2O4S/c1-21(2,28-15-6-4-14(22)5-7-15)19(25)24-20-23-16(12-29-20)13-3-8-17-18(11-13)27-10-9-26-17/h3-8,11-12H,9-10H2,1-2H3,(H,23,24,25). The number of fused-ring (bicyclic) bond motifs is 1. The van der Waals surface area contributed by atoms with Gasteiger partial charge in [-0.2, -0.15) is 0 Å². The molecule has 0 unspecified atom stereocenters. The van der Waals surface area contributed by atoms with E-state index in [2.05, 4.69) is 10.3 Å². The van der Waals surface area contributed by atoms with Gasteiger partial charge in [0.05, 0.1) is 5.69 Å². The van der Waals surface area contributed by atoms with Crippen LogP contribution in [0.4, 0.5) is 9.52 Å². The van der Waals surface area contributed by atoms with Crippen LogP contribution in [0.1, 0.15) is 13.8 Å². The molecular formula is C21H19FN2O4S. The quantitative estimate of drug-likeness (QED) is 0.665. The molecular weight excluding hydrogens is 395 g/mol. The maximum atomic E-state index is 13.0. The molecule has 0 fully saturated rings. The van der Waals surface area contributed by atoms with Gasteiger partial charge in [-0.1, -0.05) is 0 Å². The monoisotopic (exact) mass is 414 g/mol. The molecule has 1 aliphatic heterocycles. The predicted molar refractivity (Wildman–Crippen MR) is 108 cm³/mol. The first kappa shape index (κ1) is 19.2. The van der Waals surface area contributed by atoms with Crippen molar-refractivity contribution in [1.82, 2.24) is 4.98 Å². The Hall–Kier alpha value is -3.13. The normalized spacial score (nSPS) is 13.1. The number of amides is 1. The predicted octanol–water partition coefficient (Wildman–Crippen LogP) is 4.52. The van der Waals surface area contributed by atoms with E-state index in [4.69, 9.17) is 14.2 Å².